The molecule has 6 heteroatoms. The molecular formula is C18H14FN3O2. The Labute approximate surface area is 137 Å². The number of halogens is 1. The molecule has 1 N–H and O–H groups in total. The normalized spacial score (nSPS) is 11.2. The fourth-order valence-electron chi connectivity index (χ4n) is 2.43. The Hall–Kier alpha value is -3.28. The van der Waals surface area contributed by atoms with Crippen molar-refractivity contribution < 1.29 is 14.3 Å². The van der Waals surface area contributed by atoms with Gasteiger partial charge < -0.3 is 9.67 Å². The first-order valence-corrected chi connectivity index (χ1v) is 7.24. The van der Waals surface area contributed by atoms with Crippen molar-refractivity contribution >= 4 is 22.5 Å². The summed E-state index contributed by atoms with van der Waals surface area (Å²) in [5.74, 6) is -1.14. The number of fused-ring (bicyclic) bond motifs is 1. The molecule has 0 saturated carbocycles. The van der Waals surface area contributed by atoms with Crippen molar-refractivity contribution in [3.63, 3.8) is 0 Å². The van der Waals surface area contributed by atoms with Gasteiger partial charge in [-0.05, 0) is 30.3 Å². The highest BCUT2D eigenvalue weighted by atomic mass is 19.1. The van der Waals surface area contributed by atoms with Crippen molar-refractivity contribution in [1.82, 2.24) is 4.57 Å². The predicted molar refractivity (Wildman–Crippen MR) is 89.0 cm³/mol. The van der Waals surface area contributed by atoms with Gasteiger partial charge in [0.05, 0.1) is 5.52 Å². The van der Waals surface area contributed by atoms with Crippen LogP contribution in [0, 0.1) is 5.82 Å². The van der Waals surface area contributed by atoms with E-state index in [4.69, 9.17) is 0 Å². The van der Waals surface area contributed by atoms with Gasteiger partial charge in [-0.25, -0.2) is 4.39 Å². The first kappa shape index (κ1) is 15.6. The zero-order valence-electron chi connectivity index (χ0n) is 12.7. The van der Waals surface area contributed by atoms with Gasteiger partial charge in [-0.3, -0.25) is 4.79 Å². The van der Waals surface area contributed by atoms with Crippen LogP contribution in [-0.2, 0) is 6.54 Å². The van der Waals surface area contributed by atoms with Crippen molar-refractivity contribution in [3.8, 4) is 5.88 Å². The molecule has 120 valence electrons. The highest BCUT2D eigenvalue weighted by Crippen LogP contribution is 2.38. The van der Waals surface area contributed by atoms with Crippen LogP contribution >= 0.6 is 0 Å². The van der Waals surface area contributed by atoms with E-state index in [1.807, 2.05) is 12.1 Å². The largest absolute Gasteiger partial charge is 0.493 e. The molecule has 0 fully saturated rings. The average molecular weight is 323 g/mol. The number of para-hydroxylation sites is 1. The van der Waals surface area contributed by atoms with Gasteiger partial charge in [0, 0.05) is 17.5 Å². The summed E-state index contributed by atoms with van der Waals surface area (Å²) in [7, 11) is 0. The monoisotopic (exact) mass is 323 g/mol. The summed E-state index contributed by atoms with van der Waals surface area (Å²) >= 11 is 0. The molecule has 0 aliphatic carbocycles. The number of amides is 1. The number of benzene rings is 2. The lowest BCUT2D eigenvalue weighted by Gasteiger charge is -2.01. The van der Waals surface area contributed by atoms with E-state index in [1.54, 1.807) is 22.8 Å². The quantitative estimate of drug-likeness (QED) is 0.563. The first-order valence-electron chi connectivity index (χ1n) is 7.24. The summed E-state index contributed by atoms with van der Waals surface area (Å²) < 4.78 is 14.5. The minimum atomic E-state index is -0.616. The van der Waals surface area contributed by atoms with Crippen LogP contribution in [0.2, 0.25) is 0 Å². The number of hydrogen-bond donors (Lipinski definition) is 1. The summed E-state index contributed by atoms with van der Waals surface area (Å²) in [4.78, 5) is 12.0. The molecular weight excluding hydrogens is 309 g/mol. The van der Waals surface area contributed by atoms with Gasteiger partial charge in [-0.2, -0.15) is 0 Å². The van der Waals surface area contributed by atoms with Crippen LogP contribution in [0.4, 0.5) is 10.1 Å². The fraction of sp³-hybridized carbons (Fsp3) is 0.0556. The zero-order chi connectivity index (χ0) is 17.1. The van der Waals surface area contributed by atoms with Gasteiger partial charge in [-0.1, -0.05) is 24.3 Å². The maximum absolute atomic E-state index is 12.9. The molecule has 0 aliphatic heterocycles. The van der Waals surface area contributed by atoms with Gasteiger partial charge in [0.2, 0.25) is 5.88 Å². The molecule has 24 heavy (non-hydrogen) atoms. The van der Waals surface area contributed by atoms with Gasteiger partial charge in [0.25, 0.3) is 5.91 Å². The molecule has 0 aliphatic rings. The highest BCUT2D eigenvalue weighted by Gasteiger charge is 2.16. The van der Waals surface area contributed by atoms with Crippen molar-refractivity contribution in [2.24, 2.45) is 10.2 Å². The number of rotatable bonds is 4. The molecule has 0 bridgehead atoms. The lowest BCUT2D eigenvalue weighted by molar-refractivity contribution is 0.0995. The van der Waals surface area contributed by atoms with Gasteiger partial charge in [-0.15, -0.1) is 16.8 Å². The van der Waals surface area contributed by atoms with E-state index in [0.717, 1.165) is 5.52 Å². The second-order valence-corrected chi connectivity index (χ2v) is 5.10. The molecule has 0 atom stereocenters. The minimum absolute atomic E-state index is 0.0910. The average Bonchev–Trinajstić information content (AvgIpc) is 2.86. The first-order chi connectivity index (χ1) is 11.6. The molecule has 0 unspecified atom stereocenters. The SMILES string of the molecule is C=CCn1c(O)c(N=NC(=O)c2ccc(F)cc2)c2ccccc21. The van der Waals surface area contributed by atoms with E-state index in [1.165, 1.54) is 24.3 Å². The molecule has 5 nitrogen and oxygen atoms in total. The van der Waals surface area contributed by atoms with Crippen LogP contribution in [0.15, 0.2) is 71.4 Å². The second kappa shape index (κ2) is 6.45. The highest BCUT2D eigenvalue weighted by molar-refractivity contribution is 5.97. The molecule has 3 aromatic rings. The Morgan fingerprint density at radius 1 is 1.21 bits per heavy atom. The molecule has 0 radical (unpaired) electrons. The number of nitrogens with zero attached hydrogens (tertiary/aromatic N) is 3. The summed E-state index contributed by atoms with van der Waals surface area (Å²) in [6, 6.07) is 12.3. The van der Waals surface area contributed by atoms with Crippen LogP contribution in [0.3, 0.4) is 0 Å². The van der Waals surface area contributed by atoms with Gasteiger partial charge in [0.15, 0.2) is 5.69 Å². The smallest absolute Gasteiger partial charge is 0.295 e. The summed E-state index contributed by atoms with van der Waals surface area (Å²) in [6.45, 7) is 4.06. The van der Waals surface area contributed by atoms with Crippen molar-refractivity contribution in [1.29, 1.82) is 0 Å². The summed E-state index contributed by atoms with van der Waals surface area (Å²) in [5.41, 5.74) is 1.19. The molecule has 0 spiro atoms. The summed E-state index contributed by atoms with van der Waals surface area (Å²) in [6.07, 6.45) is 1.65. The second-order valence-electron chi connectivity index (χ2n) is 5.10. The number of carbonyl (C=O) groups is 1. The molecule has 0 saturated heterocycles. The molecule has 2 aromatic carbocycles. The van der Waals surface area contributed by atoms with Crippen molar-refractivity contribution in [3.05, 3.63) is 72.6 Å². The number of allylic oxidation sites excluding steroid dienone is 1. The number of aromatic nitrogens is 1. The Bertz CT molecular complexity index is 943. The third kappa shape index (κ3) is 2.81. The van der Waals surface area contributed by atoms with E-state index in [2.05, 4.69) is 16.8 Å². The van der Waals surface area contributed by atoms with Gasteiger partial charge in [0.1, 0.15) is 5.82 Å². The lowest BCUT2D eigenvalue weighted by Crippen LogP contribution is -1.93. The van der Waals surface area contributed by atoms with Crippen molar-refractivity contribution in [2.75, 3.05) is 0 Å². The van der Waals surface area contributed by atoms with E-state index in [-0.39, 0.29) is 17.1 Å². The number of azo groups is 1. The molecule has 1 heterocycles. The van der Waals surface area contributed by atoms with Crippen molar-refractivity contribution in [2.45, 2.75) is 6.54 Å². The standard InChI is InChI=1S/C18H14FN3O2/c1-2-11-22-15-6-4-3-5-14(15)16(18(22)24)20-21-17(23)12-7-9-13(19)10-8-12/h2-10,24H,1,11H2. The van der Waals surface area contributed by atoms with Crippen LogP contribution in [-0.4, -0.2) is 15.6 Å². The predicted octanol–water partition coefficient (Wildman–Crippen LogP) is 4.60. The Balaban J connectivity index is 2.00. The van der Waals surface area contributed by atoms with E-state index >= 15 is 0 Å². The zero-order valence-corrected chi connectivity index (χ0v) is 12.7. The number of hydrogen-bond acceptors (Lipinski definition) is 3. The van der Waals surface area contributed by atoms with E-state index in [9.17, 15) is 14.3 Å². The number of aromatic hydroxyl groups is 1. The maximum Gasteiger partial charge on any atom is 0.295 e. The van der Waals surface area contributed by atoms with E-state index in [0.29, 0.717) is 11.9 Å². The van der Waals surface area contributed by atoms with Gasteiger partial charge >= 0.3 is 0 Å². The van der Waals surface area contributed by atoms with E-state index < -0.39 is 11.7 Å². The Morgan fingerprint density at radius 2 is 1.92 bits per heavy atom. The topological polar surface area (TPSA) is 66.9 Å². The lowest BCUT2D eigenvalue weighted by atomic mass is 10.2. The third-order valence-corrected chi connectivity index (χ3v) is 3.56. The maximum atomic E-state index is 12.9. The van der Waals surface area contributed by atoms with Crippen LogP contribution < -0.4 is 0 Å². The summed E-state index contributed by atoms with van der Waals surface area (Å²) in [5, 5.41) is 18.6. The van der Waals surface area contributed by atoms with Crippen LogP contribution in [0.1, 0.15) is 10.4 Å². The Kier molecular flexibility index (Phi) is 4.20. The Morgan fingerprint density at radius 3 is 2.62 bits per heavy atom. The fourth-order valence-corrected chi connectivity index (χ4v) is 2.43. The number of carbonyl (C=O) groups excluding carboxylic acids is 1. The third-order valence-electron chi connectivity index (χ3n) is 3.56. The molecule has 1 aromatic heterocycles. The minimum Gasteiger partial charge on any atom is -0.493 e. The van der Waals surface area contributed by atoms with Crippen LogP contribution in [0.5, 0.6) is 5.88 Å². The molecule has 1 amide bonds. The van der Waals surface area contributed by atoms with Crippen LogP contribution in [0.25, 0.3) is 10.9 Å². The molecule has 3 rings (SSSR count).